The molecule has 0 saturated carbocycles. The number of anilines is 1. The van der Waals surface area contributed by atoms with E-state index in [1.54, 1.807) is 0 Å². The fraction of sp³-hybridized carbons (Fsp3) is 0.536. The Bertz CT molecular complexity index is 926. The van der Waals surface area contributed by atoms with Crippen LogP contribution in [0.4, 0.5) is 5.69 Å². The molecule has 2 fully saturated rings. The van der Waals surface area contributed by atoms with Crippen LogP contribution < -0.4 is 16.0 Å². The summed E-state index contributed by atoms with van der Waals surface area (Å²) in [5.74, 6) is 0. The van der Waals surface area contributed by atoms with Gasteiger partial charge in [-0.2, -0.15) is 0 Å². The molecular formula is C28H41N5O. The lowest BCUT2D eigenvalue weighted by Gasteiger charge is -2.42. The molecule has 6 nitrogen and oxygen atoms in total. The molecule has 2 atom stereocenters. The van der Waals surface area contributed by atoms with E-state index < -0.39 is 0 Å². The minimum absolute atomic E-state index is 0.300. The van der Waals surface area contributed by atoms with Crippen LogP contribution in [-0.2, 0) is 11.3 Å². The van der Waals surface area contributed by atoms with Crippen molar-refractivity contribution < 1.29 is 4.74 Å². The molecule has 2 unspecified atom stereocenters. The average molecular weight is 464 g/mol. The minimum Gasteiger partial charge on any atom is -0.397 e. The number of rotatable bonds is 9. The van der Waals surface area contributed by atoms with E-state index in [1.807, 2.05) is 18.5 Å². The number of nitrogens with zero attached hydrogens (tertiary/aromatic N) is 3. The molecule has 0 bridgehead atoms. The summed E-state index contributed by atoms with van der Waals surface area (Å²) in [6.45, 7) is 10.2. The average Bonchev–Trinajstić information content (AvgIpc) is 2.86. The molecule has 1 aromatic carbocycles. The first-order valence-electron chi connectivity index (χ1n) is 12.9. The van der Waals surface area contributed by atoms with Crippen LogP contribution in [0.25, 0.3) is 5.70 Å². The summed E-state index contributed by atoms with van der Waals surface area (Å²) in [5.41, 5.74) is 12.0. The van der Waals surface area contributed by atoms with Gasteiger partial charge in [0.1, 0.15) is 0 Å². The van der Waals surface area contributed by atoms with Crippen LogP contribution in [0.15, 0.2) is 48.8 Å². The third kappa shape index (κ3) is 6.51. The van der Waals surface area contributed by atoms with Crippen molar-refractivity contribution in [1.82, 2.24) is 15.2 Å². The zero-order valence-electron chi connectivity index (χ0n) is 20.9. The molecule has 2 saturated heterocycles. The number of aryl methyl sites for hydroxylation is 1. The normalized spacial score (nSPS) is 22.1. The number of nitrogens with one attached hydrogen (secondary N) is 1. The van der Waals surface area contributed by atoms with Crippen LogP contribution in [0.2, 0.25) is 0 Å². The van der Waals surface area contributed by atoms with E-state index in [-0.39, 0.29) is 0 Å². The van der Waals surface area contributed by atoms with Gasteiger partial charge in [0.2, 0.25) is 0 Å². The number of hydrogen-bond acceptors (Lipinski definition) is 6. The van der Waals surface area contributed by atoms with Gasteiger partial charge in [-0.3, -0.25) is 9.88 Å². The van der Waals surface area contributed by atoms with E-state index in [0.29, 0.717) is 12.1 Å². The van der Waals surface area contributed by atoms with E-state index >= 15 is 0 Å². The zero-order chi connectivity index (χ0) is 23.8. The largest absolute Gasteiger partial charge is 0.397 e. The maximum Gasteiger partial charge on any atom is 0.0747 e. The second-order valence-electron chi connectivity index (χ2n) is 9.68. The topological polar surface area (TPSA) is 66.7 Å². The standard InChI is InChI=1S/C28H41N5O/c1-3-8-25-21-33(15-14-32(25)20-23-9-4-6-13-31-23)24-11-12-27(22(2)17-24)28(29)19-30-18-26-10-5-7-16-34-26/h4,6,9,11-13,17,19,25-26,30H,3,5,7-8,10,14-16,18,20-21,29H2,1-2H3/b28-19-. The van der Waals surface area contributed by atoms with Crippen molar-refractivity contribution in [2.24, 2.45) is 5.73 Å². The van der Waals surface area contributed by atoms with Crippen molar-refractivity contribution in [2.45, 2.75) is 64.6 Å². The van der Waals surface area contributed by atoms with Gasteiger partial charge in [0.25, 0.3) is 0 Å². The number of aromatic nitrogens is 1. The minimum atomic E-state index is 0.300. The summed E-state index contributed by atoms with van der Waals surface area (Å²) in [5, 5.41) is 3.37. The summed E-state index contributed by atoms with van der Waals surface area (Å²) in [6, 6.07) is 13.4. The smallest absolute Gasteiger partial charge is 0.0747 e. The molecule has 0 amide bonds. The van der Waals surface area contributed by atoms with Crippen LogP contribution in [0.5, 0.6) is 0 Å². The molecule has 3 heterocycles. The SMILES string of the molecule is CCCC1CN(c2ccc(/C(N)=C/NCC3CCCCO3)c(C)c2)CCN1Cc1ccccn1. The van der Waals surface area contributed by atoms with Crippen molar-refractivity contribution in [3.63, 3.8) is 0 Å². The van der Waals surface area contributed by atoms with Crippen LogP contribution in [0, 0.1) is 6.92 Å². The summed E-state index contributed by atoms with van der Waals surface area (Å²) in [7, 11) is 0. The highest BCUT2D eigenvalue weighted by Crippen LogP contribution is 2.26. The van der Waals surface area contributed by atoms with Gasteiger partial charge in [0.05, 0.1) is 17.5 Å². The molecule has 2 aliphatic rings. The third-order valence-electron chi connectivity index (χ3n) is 7.08. The van der Waals surface area contributed by atoms with Crippen LogP contribution >= 0.6 is 0 Å². The maximum atomic E-state index is 6.42. The Morgan fingerprint density at radius 1 is 1.24 bits per heavy atom. The predicted octanol–water partition coefficient (Wildman–Crippen LogP) is 4.30. The highest BCUT2D eigenvalue weighted by molar-refractivity contribution is 5.68. The Morgan fingerprint density at radius 2 is 2.15 bits per heavy atom. The van der Waals surface area contributed by atoms with Crippen molar-refractivity contribution in [2.75, 3.05) is 37.7 Å². The summed E-state index contributed by atoms with van der Waals surface area (Å²) in [6.07, 6.45) is 10.1. The first-order chi connectivity index (χ1) is 16.6. The molecule has 0 aliphatic carbocycles. The molecule has 6 heteroatoms. The summed E-state index contributed by atoms with van der Waals surface area (Å²) < 4.78 is 5.79. The van der Waals surface area contributed by atoms with Gasteiger partial charge in [-0.1, -0.05) is 25.5 Å². The fourth-order valence-electron chi connectivity index (χ4n) is 5.16. The fourth-order valence-corrected chi connectivity index (χ4v) is 5.16. The van der Waals surface area contributed by atoms with Gasteiger partial charge in [-0.05, 0) is 62.4 Å². The number of ether oxygens (including phenoxy) is 1. The second kappa shape index (κ2) is 12.2. The van der Waals surface area contributed by atoms with E-state index in [0.717, 1.165) is 62.7 Å². The van der Waals surface area contributed by atoms with Gasteiger partial charge in [0, 0.05) is 69.0 Å². The quantitative estimate of drug-likeness (QED) is 0.578. The molecule has 2 aromatic rings. The molecule has 1 aromatic heterocycles. The van der Waals surface area contributed by atoms with E-state index in [4.69, 9.17) is 10.5 Å². The van der Waals surface area contributed by atoms with Gasteiger partial charge in [-0.15, -0.1) is 0 Å². The molecular weight excluding hydrogens is 422 g/mol. The highest BCUT2D eigenvalue weighted by atomic mass is 16.5. The Kier molecular flexibility index (Phi) is 8.83. The van der Waals surface area contributed by atoms with E-state index in [2.05, 4.69) is 64.3 Å². The summed E-state index contributed by atoms with van der Waals surface area (Å²) in [4.78, 5) is 9.68. The molecule has 184 valence electrons. The molecule has 2 aliphatic heterocycles. The van der Waals surface area contributed by atoms with E-state index in [9.17, 15) is 0 Å². The highest BCUT2D eigenvalue weighted by Gasteiger charge is 2.27. The van der Waals surface area contributed by atoms with E-state index in [1.165, 1.54) is 36.9 Å². The van der Waals surface area contributed by atoms with Crippen LogP contribution in [-0.4, -0.2) is 54.8 Å². The van der Waals surface area contributed by atoms with Gasteiger partial charge < -0.3 is 20.7 Å². The lowest BCUT2D eigenvalue weighted by molar-refractivity contribution is 0.0188. The lowest BCUT2D eigenvalue weighted by Crippen LogP contribution is -2.52. The summed E-state index contributed by atoms with van der Waals surface area (Å²) >= 11 is 0. The Labute approximate surface area is 205 Å². The zero-order valence-corrected chi connectivity index (χ0v) is 20.9. The number of pyridine rings is 1. The van der Waals surface area contributed by atoms with Crippen molar-refractivity contribution >= 4 is 11.4 Å². The molecule has 0 radical (unpaired) electrons. The number of piperazine rings is 1. The number of hydrogen-bond donors (Lipinski definition) is 2. The van der Waals surface area contributed by atoms with Crippen molar-refractivity contribution in [3.05, 3.63) is 65.6 Å². The molecule has 0 spiro atoms. The molecule has 4 rings (SSSR count). The Balaban J connectivity index is 1.37. The monoisotopic (exact) mass is 463 g/mol. The lowest BCUT2D eigenvalue weighted by atomic mass is 10.0. The Hall–Kier alpha value is -2.57. The first-order valence-corrected chi connectivity index (χ1v) is 12.9. The maximum absolute atomic E-state index is 6.42. The van der Waals surface area contributed by atoms with Crippen LogP contribution in [0.3, 0.4) is 0 Å². The molecule has 34 heavy (non-hydrogen) atoms. The third-order valence-corrected chi connectivity index (χ3v) is 7.08. The van der Waals surface area contributed by atoms with Crippen molar-refractivity contribution in [1.29, 1.82) is 0 Å². The number of benzene rings is 1. The number of nitrogens with two attached hydrogens (primary N) is 1. The molecule has 3 N–H and O–H groups in total. The van der Waals surface area contributed by atoms with Crippen LogP contribution in [0.1, 0.15) is 55.8 Å². The van der Waals surface area contributed by atoms with Gasteiger partial charge in [-0.25, -0.2) is 0 Å². The van der Waals surface area contributed by atoms with Crippen molar-refractivity contribution in [3.8, 4) is 0 Å². The second-order valence-corrected chi connectivity index (χ2v) is 9.68. The van der Waals surface area contributed by atoms with Gasteiger partial charge >= 0.3 is 0 Å². The van der Waals surface area contributed by atoms with Gasteiger partial charge in [0.15, 0.2) is 0 Å². The Morgan fingerprint density at radius 3 is 2.88 bits per heavy atom. The first kappa shape index (κ1) is 24.6. The predicted molar refractivity (Wildman–Crippen MR) is 140 cm³/mol.